The standard InChI is InChI=1S/C50H34.H2/c1-4-16-35(17-5-1)36-28-30-37(31-29-36)40-32-33-43(42-23-11-10-22-41(42)38-18-6-2-7-19-38)48(34-40)50-46-26-14-12-24-44(46)49(39-20-8-3-9-21-39)45-25-13-15-27-47(45)50;/h1-34H;1H. The van der Waals surface area contributed by atoms with Gasteiger partial charge in [0.2, 0.25) is 0 Å². The van der Waals surface area contributed by atoms with Crippen LogP contribution in [-0.2, 0) is 0 Å². The van der Waals surface area contributed by atoms with Crippen molar-refractivity contribution in [2.24, 2.45) is 0 Å². The average molecular weight is 637 g/mol. The highest BCUT2D eigenvalue weighted by Gasteiger charge is 2.21. The Kier molecular flexibility index (Phi) is 7.61. The van der Waals surface area contributed by atoms with Crippen LogP contribution in [0.15, 0.2) is 206 Å². The predicted octanol–water partition coefficient (Wildman–Crippen LogP) is 14.2. The van der Waals surface area contributed by atoms with Crippen LogP contribution in [0.4, 0.5) is 0 Å². The Morgan fingerprint density at radius 3 is 1.12 bits per heavy atom. The number of hydrogen-bond acceptors (Lipinski definition) is 0. The van der Waals surface area contributed by atoms with E-state index >= 15 is 0 Å². The van der Waals surface area contributed by atoms with Gasteiger partial charge < -0.3 is 0 Å². The van der Waals surface area contributed by atoms with Gasteiger partial charge in [0.05, 0.1) is 0 Å². The van der Waals surface area contributed by atoms with E-state index in [9.17, 15) is 0 Å². The predicted molar refractivity (Wildman–Crippen MR) is 216 cm³/mol. The number of fused-ring (bicyclic) bond motifs is 2. The van der Waals surface area contributed by atoms with Crippen molar-refractivity contribution in [3.8, 4) is 66.8 Å². The number of hydrogen-bond donors (Lipinski definition) is 0. The van der Waals surface area contributed by atoms with Gasteiger partial charge in [-0.2, -0.15) is 0 Å². The highest BCUT2D eigenvalue weighted by atomic mass is 14.2. The number of benzene rings is 9. The zero-order valence-electron chi connectivity index (χ0n) is 27.6. The third-order valence-electron chi connectivity index (χ3n) is 9.91. The second kappa shape index (κ2) is 12.8. The summed E-state index contributed by atoms with van der Waals surface area (Å²) < 4.78 is 0. The first-order valence-electron chi connectivity index (χ1n) is 17.3. The van der Waals surface area contributed by atoms with Gasteiger partial charge in [0.15, 0.2) is 0 Å². The molecular formula is C50H36. The molecule has 0 aromatic heterocycles. The van der Waals surface area contributed by atoms with Crippen LogP contribution < -0.4 is 0 Å². The molecule has 0 saturated heterocycles. The van der Waals surface area contributed by atoms with E-state index in [0.29, 0.717) is 0 Å². The van der Waals surface area contributed by atoms with E-state index < -0.39 is 0 Å². The SMILES string of the molecule is [HH].c1ccc(-c2ccc(-c3ccc(-c4ccccc4-c4ccccc4)c(-c4c5ccccc5c(-c5ccccc5)c5ccccc45)c3)cc2)cc1. The highest BCUT2D eigenvalue weighted by Crippen LogP contribution is 2.48. The maximum Gasteiger partial charge on any atom is 0 e. The van der Waals surface area contributed by atoms with Crippen molar-refractivity contribution in [2.75, 3.05) is 0 Å². The lowest BCUT2D eigenvalue weighted by molar-refractivity contribution is 1.56. The van der Waals surface area contributed by atoms with E-state index in [1.54, 1.807) is 0 Å². The molecule has 0 nitrogen and oxygen atoms in total. The lowest BCUT2D eigenvalue weighted by Crippen LogP contribution is -1.94. The molecule has 0 amide bonds. The van der Waals surface area contributed by atoms with Gasteiger partial charge >= 0.3 is 0 Å². The summed E-state index contributed by atoms with van der Waals surface area (Å²) in [6.07, 6.45) is 0. The molecule has 0 radical (unpaired) electrons. The molecule has 9 aromatic carbocycles. The molecule has 0 spiro atoms. The Morgan fingerprint density at radius 2 is 0.560 bits per heavy atom. The molecule has 0 aliphatic rings. The molecule has 0 aliphatic heterocycles. The Hall–Kier alpha value is -6.50. The van der Waals surface area contributed by atoms with Crippen LogP contribution in [0, 0.1) is 0 Å². The maximum absolute atomic E-state index is 2.42. The summed E-state index contributed by atoms with van der Waals surface area (Å²) in [5.41, 5.74) is 14.7. The third kappa shape index (κ3) is 5.28. The van der Waals surface area contributed by atoms with E-state index in [1.807, 2.05) is 0 Å². The monoisotopic (exact) mass is 636 g/mol. The molecule has 9 aromatic rings. The normalized spacial score (nSPS) is 11.2. The van der Waals surface area contributed by atoms with Gasteiger partial charge in [-0.25, -0.2) is 0 Å². The molecule has 0 N–H and O–H groups in total. The van der Waals surface area contributed by atoms with E-state index in [4.69, 9.17) is 0 Å². The summed E-state index contributed by atoms with van der Waals surface area (Å²) in [7, 11) is 0. The zero-order valence-corrected chi connectivity index (χ0v) is 27.6. The van der Waals surface area contributed by atoms with Crippen LogP contribution in [0.25, 0.3) is 88.3 Å². The Morgan fingerprint density at radius 1 is 0.200 bits per heavy atom. The van der Waals surface area contributed by atoms with E-state index in [1.165, 1.54) is 88.3 Å². The largest absolute Gasteiger partial charge is 0.0622 e. The molecule has 0 atom stereocenters. The zero-order chi connectivity index (χ0) is 33.3. The van der Waals surface area contributed by atoms with Gasteiger partial charge in [-0.15, -0.1) is 0 Å². The van der Waals surface area contributed by atoms with Gasteiger partial charge in [0, 0.05) is 1.43 Å². The van der Waals surface area contributed by atoms with Crippen molar-refractivity contribution in [2.45, 2.75) is 0 Å². The van der Waals surface area contributed by atoms with Crippen molar-refractivity contribution < 1.29 is 1.43 Å². The third-order valence-corrected chi connectivity index (χ3v) is 9.91. The van der Waals surface area contributed by atoms with Crippen molar-refractivity contribution in [1.29, 1.82) is 0 Å². The quantitative estimate of drug-likeness (QED) is 0.159. The smallest absolute Gasteiger partial charge is 0 e. The van der Waals surface area contributed by atoms with Gasteiger partial charge in [0.25, 0.3) is 0 Å². The summed E-state index contributed by atoms with van der Waals surface area (Å²) in [4.78, 5) is 0. The minimum absolute atomic E-state index is 0. The second-order valence-electron chi connectivity index (χ2n) is 12.8. The Labute approximate surface area is 295 Å². The molecule has 50 heavy (non-hydrogen) atoms. The number of rotatable bonds is 6. The molecule has 0 bridgehead atoms. The van der Waals surface area contributed by atoms with E-state index in [2.05, 4.69) is 206 Å². The first kappa shape index (κ1) is 29.6. The fourth-order valence-corrected chi connectivity index (χ4v) is 7.57. The van der Waals surface area contributed by atoms with Gasteiger partial charge in [-0.1, -0.05) is 200 Å². The Bertz CT molecular complexity index is 2550. The van der Waals surface area contributed by atoms with E-state index in [-0.39, 0.29) is 1.43 Å². The fourth-order valence-electron chi connectivity index (χ4n) is 7.57. The van der Waals surface area contributed by atoms with Crippen LogP contribution in [0.2, 0.25) is 0 Å². The topological polar surface area (TPSA) is 0 Å². The molecule has 0 heterocycles. The van der Waals surface area contributed by atoms with Gasteiger partial charge in [0.1, 0.15) is 0 Å². The Balaban J connectivity index is 0.00000374. The van der Waals surface area contributed by atoms with Crippen LogP contribution in [0.5, 0.6) is 0 Å². The minimum Gasteiger partial charge on any atom is -0.0622 e. The summed E-state index contributed by atoms with van der Waals surface area (Å²) in [6.45, 7) is 0. The summed E-state index contributed by atoms with van der Waals surface area (Å²) in [6, 6.07) is 74.9. The van der Waals surface area contributed by atoms with E-state index in [0.717, 1.165) is 0 Å². The fraction of sp³-hybridized carbons (Fsp3) is 0. The molecule has 0 unspecified atom stereocenters. The van der Waals surface area contributed by atoms with Gasteiger partial charge in [-0.3, -0.25) is 0 Å². The second-order valence-corrected chi connectivity index (χ2v) is 12.8. The minimum atomic E-state index is 0. The van der Waals surface area contributed by atoms with Crippen LogP contribution in [0.1, 0.15) is 1.43 Å². The maximum atomic E-state index is 2.42. The summed E-state index contributed by atoms with van der Waals surface area (Å²) in [5, 5.41) is 5.01. The molecule has 0 saturated carbocycles. The molecule has 0 fully saturated rings. The highest BCUT2D eigenvalue weighted by molar-refractivity contribution is 6.22. The molecule has 236 valence electrons. The first-order valence-corrected chi connectivity index (χ1v) is 17.3. The van der Waals surface area contributed by atoms with Crippen molar-refractivity contribution in [3.63, 3.8) is 0 Å². The van der Waals surface area contributed by atoms with Crippen molar-refractivity contribution in [3.05, 3.63) is 206 Å². The molecule has 0 aliphatic carbocycles. The van der Waals surface area contributed by atoms with Crippen LogP contribution >= 0.6 is 0 Å². The summed E-state index contributed by atoms with van der Waals surface area (Å²) >= 11 is 0. The molecular weight excluding hydrogens is 601 g/mol. The average Bonchev–Trinajstić information content (AvgIpc) is 3.21. The van der Waals surface area contributed by atoms with Crippen LogP contribution in [-0.4, -0.2) is 0 Å². The molecule has 9 rings (SSSR count). The van der Waals surface area contributed by atoms with Crippen LogP contribution in [0.3, 0.4) is 0 Å². The molecule has 0 heteroatoms. The summed E-state index contributed by atoms with van der Waals surface area (Å²) in [5.74, 6) is 0. The van der Waals surface area contributed by atoms with Gasteiger partial charge in [-0.05, 0) is 94.4 Å². The van der Waals surface area contributed by atoms with Crippen molar-refractivity contribution >= 4 is 21.5 Å². The van der Waals surface area contributed by atoms with Crippen molar-refractivity contribution in [1.82, 2.24) is 0 Å². The lowest BCUT2D eigenvalue weighted by Gasteiger charge is -2.21. The first-order chi connectivity index (χ1) is 24.8. The lowest BCUT2D eigenvalue weighted by atomic mass is 9.82.